The molecule has 2 aliphatic rings. The van der Waals surface area contributed by atoms with Gasteiger partial charge in [0.25, 0.3) is 0 Å². The van der Waals surface area contributed by atoms with Gasteiger partial charge in [-0.3, -0.25) is 9.78 Å². The van der Waals surface area contributed by atoms with Gasteiger partial charge in [-0.25, -0.2) is 4.39 Å². The quantitative estimate of drug-likeness (QED) is 0.902. The molecule has 1 amide bonds. The minimum Gasteiger partial charge on any atom is -0.327 e. The van der Waals surface area contributed by atoms with E-state index in [1.54, 1.807) is 6.20 Å². The Morgan fingerprint density at radius 1 is 1.24 bits per heavy atom. The molecule has 5 heteroatoms. The number of aryl methyl sites for hydroxylation is 1. The van der Waals surface area contributed by atoms with Crippen LogP contribution in [0.2, 0.25) is 0 Å². The summed E-state index contributed by atoms with van der Waals surface area (Å²) in [4.78, 5) is 16.9. The minimum absolute atomic E-state index is 0.00772. The first kappa shape index (κ1) is 16.2. The lowest BCUT2D eigenvalue weighted by Crippen LogP contribution is -2.33. The number of carbonyl (C=O) groups is 1. The number of hydrogen-bond acceptors (Lipinski definition) is 3. The van der Waals surface area contributed by atoms with Crippen LogP contribution in [0.3, 0.4) is 0 Å². The molecule has 1 unspecified atom stereocenters. The number of nitrogens with zero attached hydrogens (tertiary/aromatic N) is 1. The molecule has 1 aromatic heterocycles. The van der Waals surface area contributed by atoms with Gasteiger partial charge in [-0.1, -0.05) is 12.1 Å². The number of nitrogens with one attached hydrogen (secondary N) is 1. The second-order valence-corrected chi connectivity index (χ2v) is 7.24. The molecular formula is C20H22FN3O. The third-order valence-corrected chi connectivity index (χ3v) is 5.41. The van der Waals surface area contributed by atoms with Gasteiger partial charge in [-0.15, -0.1) is 0 Å². The van der Waals surface area contributed by atoms with Crippen molar-refractivity contribution in [3.63, 3.8) is 0 Å². The summed E-state index contributed by atoms with van der Waals surface area (Å²) in [6.45, 7) is 0. The Kier molecular flexibility index (Phi) is 4.25. The lowest BCUT2D eigenvalue weighted by Gasteiger charge is -2.34. The third kappa shape index (κ3) is 3.42. The molecule has 1 aromatic carbocycles. The van der Waals surface area contributed by atoms with Crippen molar-refractivity contribution in [2.24, 2.45) is 11.7 Å². The number of pyridine rings is 1. The van der Waals surface area contributed by atoms with Crippen LogP contribution in [0.15, 0.2) is 36.5 Å². The SMILES string of the molecule is NC1CCc2ncc(NC(=O)C3CC(c4ccc(F)cc4)C3)cc2C1. The number of amides is 1. The van der Waals surface area contributed by atoms with Crippen LogP contribution in [0.5, 0.6) is 0 Å². The molecular weight excluding hydrogens is 317 g/mol. The van der Waals surface area contributed by atoms with Crippen molar-refractivity contribution in [2.45, 2.75) is 44.1 Å². The first-order valence-electron chi connectivity index (χ1n) is 8.88. The fourth-order valence-electron chi connectivity index (χ4n) is 3.80. The highest BCUT2D eigenvalue weighted by Gasteiger charge is 2.35. The van der Waals surface area contributed by atoms with E-state index in [2.05, 4.69) is 10.3 Å². The number of nitrogens with two attached hydrogens (primary N) is 1. The van der Waals surface area contributed by atoms with Crippen LogP contribution in [-0.4, -0.2) is 16.9 Å². The second-order valence-electron chi connectivity index (χ2n) is 7.24. The maximum Gasteiger partial charge on any atom is 0.227 e. The Labute approximate surface area is 146 Å². The van der Waals surface area contributed by atoms with Crippen molar-refractivity contribution in [1.29, 1.82) is 0 Å². The zero-order valence-corrected chi connectivity index (χ0v) is 14.0. The molecule has 3 N–H and O–H groups in total. The van der Waals surface area contributed by atoms with E-state index >= 15 is 0 Å². The minimum atomic E-state index is -0.225. The van der Waals surface area contributed by atoms with E-state index in [0.717, 1.165) is 54.6 Å². The molecule has 0 radical (unpaired) electrons. The monoisotopic (exact) mass is 339 g/mol. The fraction of sp³-hybridized carbons (Fsp3) is 0.400. The zero-order valence-electron chi connectivity index (χ0n) is 14.0. The Hall–Kier alpha value is -2.27. The van der Waals surface area contributed by atoms with Crippen molar-refractivity contribution < 1.29 is 9.18 Å². The van der Waals surface area contributed by atoms with E-state index in [1.807, 2.05) is 18.2 Å². The average Bonchev–Trinajstić information content (AvgIpc) is 2.55. The highest BCUT2D eigenvalue weighted by Crippen LogP contribution is 2.42. The maximum absolute atomic E-state index is 13.0. The van der Waals surface area contributed by atoms with Crippen LogP contribution < -0.4 is 11.1 Å². The topological polar surface area (TPSA) is 68.0 Å². The van der Waals surface area contributed by atoms with E-state index in [-0.39, 0.29) is 23.7 Å². The average molecular weight is 339 g/mol. The Bertz CT molecular complexity index is 784. The van der Waals surface area contributed by atoms with Gasteiger partial charge in [0.1, 0.15) is 5.82 Å². The first-order valence-corrected chi connectivity index (χ1v) is 8.88. The van der Waals surface area contributed by atoms with Gasteiger partial charge in [-0.05, 0) is 67.3 Å². The standard InChI is InChI=1S/C20H22FN3O/c21-16-3-1-12(2-4-16)13-7-15(8-13)20(25)24-18-10-14-9-17(22)5-6-19(14)23-11-18/h1-4,10-11,13,15,17H,5-9,22H2,(H,24,25). The smallest absolute Gasteiger partial charge is 0.227 e. The van der Waals surface area contributed by atoms with Crippen LogP contribution in [0.4, 0.5) is 10.1 Å². The third-order valence-electron chi connectivity index (χ3n) is 5.41. The van der Waals surface area contributed by atoms with Crippen LogP contribution in [0.25, 0.3) is 0 Å². The van der Waals surface area contributed by atoms with E-state index in [0.29, 0.717) is 5.92 Å². The highest BCUT2D eigenvalue weighted by molar-refractivity contribution is 5.93. The molecule has 2 aliphatic carbocycles. The summed E-state index contributed by atoms with van der Waals surface area (Å²) in [6.07, 6.45) is 6.05. The maximum atomic E-state index is 13.0. The number of fused-ring (bicyclic) bond motifs is 1. The molecule has 2 aromatic rings. The number of hydrogen-bond donors (Lipinski definition) is 2. The van der Waals surface area contributed by atoms with E-state index in [4.69, 9.17) is 5.73 Å². The van der Waals surface area contributed by atoms with E-state index < -0.39 is 0 Å². The van der Waals surface area contributed by atoms with Crippen LogP contribution in [0, 0.1) is 11.7 Å². The summed E-state index contributed by atoms with van der Waals surface area (Å²) in [7, 11) is 0. The summed E-state index contributed by atoms with van der Waals surface area (Å²) < 4.78 is 13.0. The zero-order chi connectivity index (χ0) is 17.4. The van der Waals surface area contributed by atoms with Gasteiger partial charge in [0.2, 0.25) is 5.91 Å². The van der Waals surface area contributed by atoms with Crippen molar-refractivity contribution in [3.8, 4) is 0 Å². The van der Waals surface area contributed by atoms with Gasteiger partial charge in [0.05, 0.1) is 11.9 Å². The van der Waals surface area contributed by atoms with Crippen molar-refractivity contribution in [3.05, 3.63) is 59.2 Å². The predicted octanol–water partition coefficient (Wildman–Crippen LogP) is 3.17. The molecule has 0 spiro atoms. The molecule has 1 fully saturated rings. The number of carbonyl (C=O) groups excluding carboxylic acids is 1. The largest absolute Gasteiger partial charge is 0.327 e. The molecule has 130 valence electrons. The molecule has 0 saturated heterocycles. The van der Waals surface area contributed by atoms with Gasteiger partial charge < -0.3 is 11.1 Å². The molecule has 0 bridgehead atoms. The molecule has 1 heterocycles. The van der Waals surface area contributed by atoms with Crippen molar-refractivity contribution in [1.82, 2.24) is 4.98 Å². The number of halogens is 1. The summed E-state index contributed by atoms with van der Waals surface area (Å²) in [5, 5.41) is 2.99. The van der Waals surface area contributed by atoms with Crippen LogP contribution >= 0.6 is 0 Å². The number of anilines is 1. The lowest BCUT2D eigenvalue weighted by atomic mass is 9.71. The molecule has 25 heavy (non-hydrogen) atoms. The highest BCUT2D eigenvalue weighted by atomic mass is 19.1. The predicted molar refractivity (Wildman–Crippen MR) is 94.7 cm³/mol. The summed E-state index contributed by atoms with van der Waals surface area (Å²) in [6, 6.07) is 8.77. The first-order chi connectivity index (χ1) is 12.1. The van der Waals surface area contributed by atoms with Crippen LogP contribution in [-0.2, 0) is 17.6 Å². The van der Waals surface area contributed by atoms with E-state index in [1.165, 1.54) is 12.1 Å². The Balaban J connectivity index is 1.36. The number of aromatic nitrogens is 1. The fourth-order valence-corrected chi connectivity index (χ4v) is 3.80. The molecule has 1 atom stereocenters. The van der Waals surface area contributed by atoms with E-state index in [9.17, 15) is 9.18 Å². The summed E-state index contributed by atoms with van der Waals surface area (Å²) in [5.74, 6) is 0.168. The van der Waals surface area contributed by atoms with Gasteiger partial charge in [0, 0.05) is 17.7 Å². The molecule has 1 saturated carbocycles. The van der Waals surface area contributed by atoms with Gasteiger partial charge in [0.15, 0.2) is 0 Å². The Morgan fingerprint density at radius 2 is 2.00 bits per heavy atom. The lowest BCUT2D eigenvalue weighted by molar-refractivity contribution is -0.122. The van der Waals surface area contributed by atoms with Crippen molar-refractivity contribution >= 4 is 11.6 Å². The van der Waals surface area contributed by atoms with Crippen molar-refractivity contribution in [2.75, 3.05) is 5.32 Å². The second kappa shape index (κ2) is 6.56. The molecule has 4 nitrogen and oxygen atoms in total. The summed E-state index contributed by atoms with van der Waals surface area (Å²) in [5.41, 5.74) is 10.1. The molecule has 4 rings (SSSR count). The summed E-state index contributed by atoms with van der Waals surface area (Å²) >= 11 is 0. The molecule has 0 aliphatic heterocycles. The van der Waals surface area contributed by atoms with Gasteiger partial charge >= 0.3 is 0 Å². The number of rotatable bonds is 3. The van der Waals surface area contributed by atoms with Crippen LogP contribution in [0.1, 0.15) is 42.0 Å². The number of benzene rings is 1. The Morgan fingerprint density at radius 3 is 2.76 bits per heavy atom. The normalized spacial score (nSPS) is 25.0. The van der Waals surface area contributed by atoms with Gasteiger partial charge in [-0.2, -0.15) is 0 Å².